The number of allylic oxidation sites excluding steroid dienone is 3. The van der Waals surface area contributed by atoms with Gasteiger partial charge in [-0.05, 0) is 68.8 Å². The molecule has 0 aromatic heterocycles. The normalized spacial score (nSPS) is 14.2. The van der Waals surface area contributed by atoms with Gasteiger partial charge in [0.05, 0.1) is 19.3 Å². The average molecular weight is 395 g/mol. The van der Waals surface area contributed by atoms with Gasteiger partial charge < -0.3 is 14.4 Å². The number of rotatable bonds is 8. The summed E-state index contributed by atoms with van der Waals surface area (Å²) in [5.41, 5.74) is 4.50. The number of ether oxygens (including phenoxy) is 2. The highest BCUT2D eigenvalue weighted by Gasteiger charge is 2.23. The van der Waals surface area contributed by atoms with E-state index in [9.17, 15) is 4.39 Å². The summed E-state index contributed by atoms with van der Waals surface area (Å²) >= 11 is 0. The van der Waals surface area contributed by atoms with Crippen LogP contribution in [0.25, 0.3) is 16.7 Å². The molecule has 1 radical (unpaired) electrons. The monoisotopic (exact) mass is 394 g/mol. The first-order chi connectivity index (χ1) is 14.0. The molecule has 0 atom stereocenters. The SMILES string of the molecule is COC1=CC[CH]C(F)=C1c1cc(-c2ccccc2C)ccc1OCCCN(C)C. The minimum atomic E-state index is -0.274. The summed E-state index contributed by atoms with van der Waals surface area (Å²) in [5, 5.41) is 0. The number of benzene rings is 2. The van der Waals surface area contributed by atoms with Crippen LogP contribution in [0.2, 0.25) is 0 Å². The molecule has 0 bridgehead atoms. The summed E-state index contributed by atoms with van der Waals surface area (Å²) in [6, 6.07) is 14.2. The molecule has 0 fully saturated rings. The largest absolute Gasteiger partial charge is 0.496 e. The third-order valence-corrected chi connectivity index (χ3v) is 5.02. The number of hydrogen-bond donors (Lipinski definition) is 0. The van der Waals surface area contributed by atoms with E-state index in [2.05, 4.69) is 24.0 Å². The highest BCUT2D eigenvalue weighted by Crippen LogP contribution is 2.40. The topological polar surface area (TPSA) is 21.7 Å². The van der Waals surface area contributed by atoms with Crippen LogP contribution < -0.4 is 4.74 Å². The van der Waals surface area contributed by atoms with Crippen LogP contribution in [0.4, 0.5) is 4.39 Å². The fraction of sp³-hybridized carbons (Fsp3) is 0.320. The maximum atomic E-state index is 14.9. The van der Waals surface area contributed by atoms with Crippen molar-refractivity contribution in [1.82, 2.24) is 4.90 Å². The predicted molar refractivity (Wildman–Crippen MR) is 117 cm³/mol. The average Bonchev–Trinajstić information content (AvgIpc) is 2.71. The zero-order valence-electron chi connectivity index (χ0n) is 17.7. The Hall–Kier alpha value is -2.59. The van der Waals surface area contributed by atoms with Gasteiger partial charge in [0.15, 0.2) is 0 Å². The Bertz CT molecular complexity index is 915. The van der Waals surface area contributed by atoms with E-state index in [0.29, 0.717) is 30.1 Å². The molecule has 0 saturated heterocycles. The van der Waals surface area contributed by atoms with Gasteiger partial charge in [-0.25, -0.2) is 4.39 Å². The van der Waals surface area contributed by atoms with Crippen molar-refractivity contribution in [1.29, 1.82) is 0 Å². The fourth-order valence-electron chi connectivity index (χ4n) is 3.52. The number of halogens is 1. The lowest BCUT2D eigenvalue weighted by atomic mass is 9.92. The molecule has 0 heterocycles. The molecule has 0 amide bonds. The Morgan fingerprint density at radius 2 is 1.86 bits per heavy atom. The van der Waals surface area contributed by atoms with Crippen LogP contribution in [0.3, 0.4) is 0 Å². The van der Waals surface area contributed by atoms with Crippen LogP contribution >= 0.6 is 0 Å². The van der Waals surface area contributed by atoms with E-state index >= 15 is 0 Å². The summed E-state index contributed by atoms with van der Waals surface area (Å²) < 4.78 is 26.5. The minimum Gasteiger partial charge on any atom is -0.496 e. The molecule has 3 rings (SSSR count). The maximum Gasteiger partial charge on any atom is 0.127 e. The zero-order valence-corrected chi connectivity index (χ0v) is 17.7. The quantitative estimate of drug-likeness (QED) is 0.527. The molecule has 2 aromatic rings. The molecule has 0 N–H and O–H groups in total. The highest BCUT2D eigenvalue weighted by atomic mass is 19.1. The summed E-state index contributed by atoms with van der Waals surface area (Å²) in [7, 11) is 5.65. The van der Waals surface area contributed by atoms with E-state index in [-0.39, 0.29) is 5.83 Å². The van der Waals surface area contributed by atoms with Gasteiger partial charge in [0.2, 0.25) is 0 Å². The lowest BCUT2D eigenvalue weighted by Gasteiger charge is -2.21. The van der Waals surface area contributed by atoms with Crippen molar-refractivity contribution in [3.63, 3.8) is 0 Å². The van der Waals surface area contributed by atoms with E-state index in [4.69, 9.17) is 9.47 Å². The molecule has 1 aliphatic rings. The fourth-order valence-corrected chi connectivity index (χ4v) is 3.52. The molecule has 2 aromatic carbocycles. The van der Waals surface area contributed by atoms with E-state index in [0.717, 1.165) is 29.7 Å². The van der Waals surface area contributed by atoms with Gasteiger partial charge in [-0.1, -0.05) is 30.3 Å². The van der Waals surface area contributed by atoms with E-state index < -0.39 is 0 Å². The number of methoxy groups -OCH3 is 1. The van der Waals surface area contributed by atoms with Gasteiger partial charge >= 0.3 is 0 Å². The van der Waals surface area contributed by atoms with Crippen molar-refractivity contribution >= 4 is 5.57 Å². The van der Waals surface area contributed by atoms with Crippen molar-refractivity contribution in [2.45, 2.75) is 19.8 Å². The second-order valence-electron chi connectivity index (χ2n) is 7.47. The molecule has 1 aliphatic carbocycles. The van der Waals surface area contributed by atoms with Crippen molar-refractivity contribution < 1.29 is 13.9 Å². The number of hydrogen-bond acceptors (Lipinski definition) is 3. The molecule has 29 heavy (non-hydrogen) atoms. The highest BCUT2D eigenvalue weighted by molar-refractivity contribution is 5.86. The summed E-state index contributed by atoms with van der Waals surface area (Å²) in [4.78, 5) is 2.12. The van der Waals surface area contributed by atoms with E-state index in [1.54, 1.807) is 13.5 Å². The Balaban J connectivity index is 2.02. The van der Waals surface area contributed by atoms with E-state index in [1.165, 1.54) is 5.56 Å². The molecular weight excluding hydrogens is 365 g/mol. The molecule has 0 saturated carbocycles. The number of nitrogens with zero attached hydrogens (tertiary/aromatic N) is 1. The Morgan fingerprint density at radius 3 is 2.59 bits per heavy atom. The smallest absolute Gasteiger partial charge is 0.127 e. The van der Waals surface area contributed by atoms with Crippen LogP contribution in [0.5, 0.6) is 5.75 Å². The third kappa shape index (κ3) is 5.07. The molecule has 0 spiro atoms. The van der Waals surface area contributed by atoms with Gasteiger partial charge in [-0.3, -0.25) is 0 Å². The second kappa shape index (κ2) is 9.75. The van der Waals surface area contributed by atoms with Gasteiger partial charge in [0.25, 0.3) is 0 Å². The molecule has 153 valence electrons. The first kappa shape index (κ1) is 21.1. The predicted octanol–water partition coefficient (Wildman–Crippen LogP) is 5.81. The van der Waals surface area contributed by atoms with Crippen LogP contribution in [0, 0.1) is 13.3 Å². The first-order valence-electron chi connectivity index (χ1n) is 9.96. The summed E-state index contributed by atoms with van der Waals surface area (Å²) in [6.07, 6.45) is 4.89. The van der Waals surface area contributed by atoms with Crippen LogP contribution in [0.1, 0.15) is 24.0 Å². The van der Waals surface area contributed by atoms with E-state index in [1.807, 2.05) is 50.5 Å². The van der Waals surface area contributed by atoms with Crippen molar-refractivity contribution in [2.24, 2.45) is 0 Å². The zero-order chi connectivity index (χ0) is 20.8. The molecule has 0 unspecified atom stereocenters. The standard InChI is InChI=1S/C25H29FNO2/c1-18-9-5-6-10-20(18)19-13-14-23(29-16-8-15-27(2)3)21(17-19)25-22(26)11-7-12-24(25)28-4/h5-6,9-14,17H,7-8,15-16H2,1-4H3. The van der Waals surface area contributed by atoms with Gasteiger partial charge in [-0.2, -0.15) is 0 Å². The Kier molecular flexibility index (Phi) is 7.10. The number of aryl methyl sites for hydroxylation is 1. The molecule has 0 aliphatic heterocycles. The summed E-state index contributed by atoms with van der Waals surface area (Å²) in [6.45, 7) is 3.58. The maximum absolute atomic E-state index is 14.9. The molecule has 3 nitrogen and oxygen atoms in total. The first-order valence-corrected chi connectivity index (χ1v) is 9.96. The van der Waals surface area contributed by atoms with Crippen molar-refractivity contribution in [3.05, 3.63) is 77.7 Å². The Morgan fingerprint density at radius 1 is 1.07 bits per heavy atom. The van der Waals surface area contributed by atoms with Gasteiger partial charge in [0.1, 0.15) is 17.3 Å². The van der Waals surface area contributed by atoms with Crippen LogP contribution in [0.15, 0.2) is 60.1 Å². The van der Waals surface area contributed by atoms with Crippen molar-refractivity contribution in [2.75, 3.05) is 34.4 Å². The van der Waals surface area contributed by atoms with Gasteiger partial charge in [0, 0.05) is 18.5 Å². The Labute approximate surface area is 173 Å². The third-order valence-electron chi connectivity index (χ3n) is 5.02. The van der Waals surface area contributed by atoms with Crippen LogP contribution in [-0.4, -0.2) is 39.3 Å². The van der Waals surface area contributed by atoms with Crippen molar-refractivity contribution in [3.8, 4) is 16.9 Å². The second-order valence-corrected chi connectivity index (χ2v) is 7.47. The van der Waals surface area contributed by atoms with Gasteiger partial charge in [-0.15, -0.1) is 0 Å². The molecule has 4 heteroatoms. The lowest BCUT2D eigenvalue weighted by molar-refractivity contribution is 0.280. The summed E-state index contributed by atoms with van der Waals surface area (Å²) in [5.74, 6) is 0.944. The lowest BCUT2D eigenvalue weighted by Crippen LogP contribution is -2.16. The minimum absolute atomic E-state index is 0.274. The van der Waals surface area contributed by atoms with Crippen LogP contribution in [-0.2, 0) is 4.74 Å². The molecular formula is C25H29FNO2.